The second kappa shape index (κ2) is 5.02. The molecule has 2 heterocycles. The summed E-state index contributed by atoms with van der Waals surface area (Å²) in [7, 11) is 0. The predicted molar refractivity (Wildman–Crippen MR) is 51.5 cm³/mol. The van der Waals surface area contributed by atoms with Crippen molar-refractivity contribution in [1.29, 1.82) is 0 Å². The minimum absolute atomic E-state index is 0.289. The maximum atomic E-state index is 4.33. The van der Waals surface area contributed by atoms with Gasteiger partial charge in [0.2, 0.25) is 0 Å². The van der Waals surface area contributed by atoms with E-state index in [1.54, 1.807) is 0 Å². The fraction of sp³-hybridized carbons (Fsp3) is 0.600. The second-order valence-corrected chi connectivity index (χ2v) is 5.79. The Bertz CT molecular complexity index is 270. The van der Waals surface area contributed by atoms with Crippen LogP contribution in [0.5, 0.6) is 0 Å². The molecule has 1 aliphatic heterocycles. The Morgan fingerprint density at radius 2 is 1.93 bits per heavy atom. The van der Waals surface area contributed by atoms with Crippen LogP contribution in [0.1, 0.15) is 24.6 Å². The Balaban J connectivity index is 1.96. The number of alkyl halides is 1. The third-order valence-electron chi connectivity index (χ3n) is 2.63. The average molecular weight is 304 g/mol. The molecule has 1 aromatic rings. The van der Waals surface area contributed by atoms with Gasteiger partial charge in [-0.15, -0.1) is 0 Å². The van der Waals surface area contributed by atoms with Gasteiger partial charge in [0.05, 0.1) is 0 Å². The first-order valence-electron chi connectivity index (χ1n) is 4.91. The molecule has 0 spiro atoms. The summed E-state index contributed by atoms with van der Waals surface area (Å²) in [6, 6.07) is 1.89. The number of aromatic nitrogens is 2. The van der Waals surface area contributed by atoms with Crippen LogP contribution in [0.3, 0.4) is 0 Å². The molecule has 0 atom stereocenters. The first-order chi connectivity index (χ1) is 6.90. The predicted octanol–water partition coefficient (Wildman–Crippen LogP) is -1.71. The summed E-state index contributed by atoms with van der Waals surface area (Å²) in [5.41, 5.74) is 0. The quantitative estimate of drug-likeness (QED) is 0.370. The van der Waals surface area contributed by atoms with Crippen LogP contribution >= 0.6 is 0 Å². The van der Waals surface area contributed by atoms with Crippen molar-refractivity contribution in [3.63, 3.8) is 0 Å². The Labute approximate surface area is 95.6 Å². The van der Waals surface area contributed by atoms with E-state index in [-0.39, 0.29) is 21.5 Å². The van der Waals surface area contributed by atoms with Gasteiger partial charge in [-0.25, -0.2) is 0 Å². The number of piperidine rings is 1. The van der Waals surface area contributed by atoms with Crippen LogP contribution in [0.25, 0.3) is 0 Å². The van der Waals surface area contributed by atoms with Crippen molar-refractivity contribution in [2.24, 2.45) is 0 Å². The number of hydrogen-bond donors (Lipinski definition) is 0. The number of nitrogens with zero attached hydrogens (tertiary/aromatic N) is 3. The van der Waals surface area contributed by atoms with Gasteiger partial charge in [-0.05, 0) is 0 Å². The summed E-state index contributed by atoms with van der Waals surface area (Å²) in [6.07, 6.45) is 6.16. The maximum absolute atomic E-state index is 4.33. The third kappa shape index (κ3) is 2.42. The monoisotopic (exact) mass is 304 g/mol. The molecule has 0 bridgehead atoms. The molecule has 0 aromatic carbocycles. The molecule has 0 aliphatic carbocycles. The minimum atomic E-state index is 0.289. The number of hydrogen-bond acceptors (Lipinski definition) is 3. The molecule has 0 saturated carbocycles. The van der Waals surface area contributed by atoms with Gasteiger partial charge in [0, 0.05) is 0 Å². The molecule has 3 nitrogen and oxygen atoms in total. The molecular formula is C10H15IN3-. The normalized spacial score (nSPS) is 20.1. The van der Waals surface area contributed by atoms with Gasteiger partial charge in [0.1, 0.15) is 0 Å². The molecule has 14 heavy (non-hydrogen) atoms. The van der Waals surface area contributed by atoms with Crippen LogP contribution < -0.4 is 21.5 Å². The van der Waals surface area contributed by atoms with Crippen molar-refractivity contribution in [2.45, 2.75) is 18.8 Å². The van der Waals surface area contributed by atoms with Crippen LogP contribution in [-0.4, -0.2) is 31.1 Å². The third-order valence-corrected chi connectivity index (χ3v) is 4.96. The molecule has 0 N–H and O–H groups in total. The summed E-state index contributed by atoms with van der Waals surface area (Å²) >= 11 is 0.289. The first-order valence-corrected chi connectivity index (χ1v) is 8.04. The zero-order valence-electron chi connectivity index (χ0n) is 8.36. The van der Waals surface area contributed by atoms with E-state index < -0.39 is 0 Å². The van der Waals surface area contributed by atoms with E-state index >= 15 is 0 Å². The van der Waals surface area contributed by atoms with E-state index in [0.29, 0.717) is 5.92 Å². The Morgan fingerprint density at radius 1 is 1.29 bits per heavy atom. The fourth-order valence-corrected chi connectivity index (χ4v) is 3.32. The molecule has 1 aliphatic rings. The Kier molecular flexibility index (Phi) is 3.69. The van der Waals surface area contributed by atoms with E-state index in [1.165, 1.54) is 25.9 Å². The fourth-order valence-electron chi connectivity index (χ4n) is 1.80. The van der Waals surface area contributed by atoms with Crippen molar-refractivity contribution in [2.75, 3.05) is 18.0 Å². The molecule has 1 fully saturated rings. The van der Waals surface area contributed by atoms with Crippen molar-refractivity contribution < 1.29 is 21.5 Å². The molecule has 2 rings (SSSR count). The number of rotatable bonds is 2. The van der Waals surface area contributed by atoms with Gasteiger partial charge in [0.25, 0.3) is 0 Å². The van der Waals surface area contributed by atoms with Crippen LogP contribution in [-0.2, 0) is 0 Å². The van der Waals surface area contributed by atoms with E-state index in [9.17, 15) is 0 Å². The zero-order chi connectivity index (χ0) is 9.80. The summed E-state index contributed by atoms with van der Waals surface area (Å²) < 4.78 is 2.60. The van der Waals surface area contributed by atoms with Crippen LogP contribution in [0, 0.1) is 0 Å². The van der Waals surface area contributed by atoms with E-state index in [1.807, 2.05) is 18.5 Å². The SMILES string of the molecule is C[I-]N1CCC(c2ncccn2)CC1. The molecule has 78 valence electrons. The first kappa shape index (κ1) is 10.3. The topological polar surface area (TPSA) is 29.0 Å². The molecule has 0 radical (unpaired) electrons. The molecule has 4 heteroatoms. The van der Waals surface area contributed by atoms with Gasteiger partial charge in [-0.1, -0.05) is 0 Å². The van der Waals surface area contributed by atoms with Crippen LogP contribution in [0.2, 0.25) is 0 Å². The van der Waals surface area contributed by atoms with E-state index in [2.05, 4.69) is 18.0 Å². The van der Waals surface area contributed by atoms with Gasteiger partial charge in [-0.3, -0.25) is 0 Å². The van der Waals surface area contributed by atoms with Gasteiger partial charge >= 0.3 is 95.6 Å². The van der Waals surface area contributed by atoms with Crippen LogP contribution in [0.15, 0.2) is 18.5 Å². The van der Waals surface area contributed by atoms with Crippen LogP contribution in [0.4, 0.5) is 0 Å². The van der Waals surface area contributed by atoms with Crippen molar-refractivity contribution in [1.82, 2.24) is 13.1 Å². The average Bonchev–Trinajstić information content (AvgIpc) is 2.30. The molecule has 0 unspecified atom stereocenters. The standard InChI is InChI=1S/C10H15IN3/c1-11-14-7-3-9(4-8-14)10-12-5-2-6-13-10/h2,5-6,9H,3-4,7-8H2,1H3/q-1. The van der Waals surface area contributed by atoms with E-state index in [4.69, 9.17) is 0 Å². The molecule has 1 aromatic heterocycles. The summed E-state index contributed by atoms with van der Waals surface area (Å²) in [4.78, 5) is 11.0. The van der Waals surface area contributed by atoms with Crippen molar-refractivity contribution >= 4 is 0 Å². The summed E-state index contributed by atoms with van der Waals surface area (Å²) in [6.45, 7) is 2.49. The van der Waals surface area contributed by atoms with Crippen molar-refractivity contribution in [3.8, 4) is 0 Å². The van der Waals surface area contributed by atoms with Gasteiger partial charge < -0.3 is 0 Å². The van der Waals surface area contributed by atoms with Gasteiger partial charge in [0.15, 0.2) is 0 Å². The van der Waals surface area contributed by atoms with Gasteiger partial charge in [-0.2, -0.15) is 0 Å². The van der Waals surface area contributed by atoms with Crippen molar-refractivity contribution in [3.05, 3.63) is 24.3 Å². The molecular weight excluding hydrogens is 289 g/mol. The van der Waals surface area contributed by atoms with E-state index in [0.717, 1.165) is 5.82 Å². The molecule has 0 amide bonds. The summed E-state index contributed by atoms with van der Waals surface area (Å²) in [5, 5.41) is 0. The summed E-state index contributed by atoms with van der Waals surface area (Å²) in [5.74, 6) is 1.64. The zero-order valence-corrected chi connectivity index (χ0v) is 10.5. The number of halogens is 1. The molecule has 1 saturated heterocycles. The second-order valence-electron chi connectivity index (χ2n) is 3.46. The Hall–Kier alpha value is -0.230. The Morgan fingerprint density at radius 3 is 2.50 bits per heavy atom.